The van der Waals surface area contributed by atoms with E-state index in [1.165, 1.54) is 17.8 Å². The van der Waals surface area contributed by atoms with Crippen molar-refractivity contribution in [2.24, 2.45) is 0 Å². The SMILES string of the molecule is CCCC(Sc1cc(NC(=O)c2ccccc2)c(F)cc1Cl)C(=O)OCC. The first-order valence-electron chi connectivity index (χ1n) is 8.65. The van der Waals surface area contributed by atoms with Gasteiger partial charge in [-0.05, 0) is 37.6 Å². The summed E-state index contributed by atoms with van der Waals surface area (Å²) in [6.07, 6.45) is 1.38. The zero-order chi connectivity index (χ0) is 19.8. The molecule has 2 aromatic carbocycles. The zero-order valence-electron chi connectivity index (χ0n) is 15.1. The summed E-state index contributed by atoms with van der Waals surface area (Å²) in [6, 6.07) is 11.1. The molecule has 0 bridgehead atoms. The van der Waals surface area contributed by atoms with E-state index in [1.54, 1.807) is 37.3 Å². The maximum atomic E-state index is 14.3. The first-order chi connectivity index (χ1) is 13.0. The monoisotopic (exact) mass is 409 g/mol. The van der Waals surface area contributed by atoms with Crippen LogP contribution in [0.5, 0.6) is 0 Å². The maximum absolute atomic E-state index is 14.3. The number of benzene rings is 2. The molecular formula is C20H21ClFNO3S. The van der Waals surface area contributed by atoms with Crippen molar-refractivity contribution in [3.8, 4) is 0 Å². The number of hydrogen-bond donors (Lipinski definition) is 1. The third kappa shape index (κ3) is 5.97. The minimum atomic E-state index is -0.642. The number of rotatable bonds is 8. The van der Waals surface area contributed by atoms with Crippen LogP contribution in [0.2, 0.25) is 5.02 Å². The lowest BCUT2D eigenvalue weighted by Crippen LogP contribution is -2.20. The number of thioether (sulfide) groups is 1. The van der Waals surface area contributed by atoms with Crippen molar-refractivity contribution < 1.29 is 18.7 Å². The molecule has 0 aliphatic carbocycles. The van der Waals surface area contributed by atoms with Gasteiger partial charge >= 0.3 is 5.97 Å². The Kier molecular flexibility index (Phi) is 8.13. The molecule has 0 fully saturated rings. The van der Waals surface area contributed by atoms with Gasteiger partial charge in [0.2, 0.25) is 0 Å². The number of nitrogens with one attached hydrogen (secondary N) is 1. The molecule has 0 saturated heterocycles. The lowest BCUT2D eigenvalue weighted by atomic mass is 10.2. The molecule has 2 rings (SSSR count). The largest absolute Gasteiger partial charge is 0.465 e. The van der Waals surface area contributed by atoms with Crippen LogP contribution < -0.4 is 5.32 Å². The third-order valence-corrected chi connectivity index (χ3v) is 5.40. The first kappa shape index (κ1) is 21.3. The quantitative estimate of drug-likeness (QED) is 0.458. The van der Waals surface area contributed by atoms with Gasteiger partial charge in [-0.2, -0.15) is 0 Å². The smallest absolute Gasteiger partial charge is 0.319 e. The van der Waals surface area contributed by atoms with Crippen LogP contribution in [-0.2, 0) is 9.53 Å². The van der Waals surface area contributed by atoms with Crippen LogP contribution in [0.15, 0.2) is 47.4 Å². The topological polar surface area (TPSA) is 55.4 Å². The van der Waals surface area contributed by atoms with E-state index < -0.39 is 17.0 Å². The second-order valence-electron chi connectivity index (χ2n) is 5.73. The molecule has 1 unspecified atom stereocenters. The van der Waals surface area contributed by atoms with Gasteiger partial charge in [-0.1, -0.05) is 43.1 Å². The number of carbonyl (C=O) groups excluding carboxylic acids is 2. The maximum Gasteiger partial charge on any atom is 0.319 e. The van der Waals surface area contributed by atoms with Crippen molar-refractivity contribution in [2.45, 2.75) is 36.8 Å². The van der Waals surface area contributed by atoms with Crippen molar-refractivity contribution in [2.75, 3.05) is 11.9 Å². The van der Waals surface area contributed by atoms with Gasteiger partial charge in [0.1, 0.15) is 11.1 Å². The fourth-order valence-corrected chi connectivity index (χ4v) is 3.84. The molecule has 0 aliphatic rings. The van der Waals surface area contributed by atoms with Crippen molar-refractivity contribution in [3.05, 3.63) is 58.9 Å². The fourth-order valence-electron chi connectivity index (χ4n) is 2.37. The van der Waals surface area contributed by atoms with Crippen LogP contribution in [0.25, 0.3) is 0 Å². The second kappa shape index (κ2) is 10.3. The number of halogens is 2. The number of amides is 1. The predicted octanol–water partition coefficient (Wildman–Crippen LogP) is 5.56. The van der Waals surface area contributed by atoms with Crippen LogP contribution in [0, 0.1) is 5.82 Å². The average Bonchev–Trinajstić information content (AvgIpc) is 2.65. The summed E-state index contributed by atoms with van der Waals surface area (Å²) in [4.78, 5) is 24.9. The minimum Gasteiger partial charge on any atom is -0.465 e. The van der Waals surface area contributed by atoms with E-state index >= 15 is 0 Å². The Morgan fingerprint density at radius 3 is 2.56 bits per heavy atom. The first-order valence-corrected chi connectivity index (χ1v) is 9.90. The highest BCUT2D eigenvalue weighted by Gasteiger charge is 2.23. The van der Waals surface area contributed by atoms with Gasteiger partial charge in [0.25, 0.3) is 5.91 Å². The number of hydrogen-bond acceptors (Lipinski definition) is 4. The van der Waals surface area contributed by atoms with Gasteiger partial charge in [-0.3, -0.25) is 9.59 Å². The van der Waals surface area contributed by atoms with Crippen molar-refractivity contribution in [1.29, 1.82) is 0 Å². The lowest BCUT2D eigenvalue weighted by molar-refractivity contribution is -0.142. The molecular weight excluding hydrogens is 389 g/mol. The standard InChI is InChI=1S/C20H21ClFNO3S/c1-3-8-17(20(25)26-4-2)27-18-12-16(15(22)11-14(18)21)23-19(24)13-9-6-5-7-10-13/h5-7,9-12,17H,3-4,8H2,1-2H3,(H,23,24). The van der Waals surface area contributed by atoms with E-state index in [-0.39, 0.29) is 23.3 Å². The Morgan fingerprint density at radius 1 is 1.22 bits per heavy atom. The van der Waals surface area contributed by atoms with Crippen LogP contribution in [0.1, 0.15) is 37.0 Å². The highest BCUT2D eigenvalue weighted by molar-refractivity contribution is 8.00. The molecule has 4 nitrogen and oxygen atoms in total. The Bertz CT molecular complexity index is 801. The molecule has 0 aromatic heterocycles. The van der Waals surface area contributed by atoms with E-state index in [2.05, 4.69) is 5.32 Å². The normalized spacial score (nSPS) is 11.7. The summed E-state index contributed by atoms with van der Waals surface area (Å²) in [7, 11) is 0. The number of anilines is 1. The molecule has 27 heavy (non-hydrogen) atoms. The van der Waals surface area contributed by atoms with E-state index in [4.69, 9.17) is 16.3 Å². The van der Waals surface area contributed by atoms with E-state index in [0.717, 1.165) is 12.5 Å². The predicted molar refractivity (Wildman–Crippen MR) is 107 cm³/mol. The summed E-state index contributed by atoms with van der Waals surface area (Å²) in [5, 5.41) is 2.28. The van der Waals surface area contributed by atoms with Gasteiger partial charge in [0, 0.05) is 10.5 Å². The molecule has 1 amide bonds. The summed E-state index contributed by atoms with van der Waals surface area (Å²) >= 11 is 7.36. The molecule has 1 atom stereocenters. The molecule has 0 aliphatic heterocycles. The lowest BCUT2D eigenvalue weighted by Gasteiger charge is -2.16. The Labute approximate surface area is 167 Å². The molecule has 144 valence electrons. The number of esters is 1. The van der Waals surface area contributed by atoms with E-state index in [0.29, 0.717) is 16.9 Å². The summed E-state index contributed by atoms with van der Waals surface area (Å²) in [5.41, 5.74) is 0.422. The van der Waals surface area contributed by atoms with Crippen molar-refractivity contribution in [3.63, 3.8) is 0 Å². The summed E-state index contributed by atoms with van der Waals surface area (Å²) in [5.74, 6) is -1.40. The van der Waals surface area contributed by atoms with Crippen molar-refractivity contribution in [1.82, 2.24) is 0 Å². The second-order valence-corrected chi connectivity index (χ2v) is 7.38. The van der Waals surface area contributed by atoms with Gasteiger partial charge < -0.3 is 10.1 Å². The highest BCUT2D eigenvalue weighted by atomic mass is 35.5. The third-order valence-electron chi connectivity index (χ3n) is 3.68. The Balaban J connectivity index is 2.23. The summed E-state index contributed by atoms with van der Waals surface area (Å²) < 4.78 is 19.4. The van der Waals surface area contributed by atoms with E-state index in [9.17, 15) is 14.0 Å². The molecule has 2 aromatic rings. The molecule has 7 heteroatoms. The molecule has 0 saturated carbocycles. The Morgan fingerprint density at radius 2 is 1.93 bits per heavy atom. The van der Waals surface area contributed by atoms with Crippen LogP contribution in [0.3, 0.4) is 0 Å². The molecule has 1 N–H and O–H groups in total. The summed E-state index contributed by atoms with van der Waals surface area (Å²) in [6.45, 7) is 3.99. The van der Waals surface area contributed by atoms with Gasteiger partial charge in [0.05, 0.1) is 17.3 Å². The van der Waals surface area contributed by atoms with E-state index in [1.807, 2.05) is 6.92 Å². The number of ether oxygens (including phenoxy) is 1. The average molecular weight is 410 g/mol. The molecule has 0 radical (unpaired) electrons. The van der Waals surface area contributed by atoms with Gasteiger partial charge in [-0.15, -0.1) is 11.8 Å². The Hall–Kier alpha value is -2.05. The van der Waals surface area contributed by atoms with Crippen LogP contribution in [-0.4, -0.2) is 23.7 Å². The molecule has 0 spiro atoms. The van der Waals surface area contributed by atoms with Gasteiger partial charge in [-0.25, -0.2) is 4.39 Å². The number of carbonyl (C=O) groups is 2. The molecule has 0 heterocycles. The zero-order valence-corrected chi connectivity index (χ0v) is 16.7. The van der Waals surface area contributed by atoms with Crippen LogP contribution >= 0.6 is 23.4 Å². The van der Waals surface area contributed by atoms with Gasteiger partial charge in [0.15, 0.2) is 0 Å². The van der Waals surface area contributed by atoms with Crippen LogP contribution in [0.4, 0.5) is 10.1 Å². The fraction of sp³-hybridized carbons (Fsp3) is 0.300. The highest BCUT2D eigenvalue weighted by Crippen LogP contribution is 2.36. The minimum absolute atomic E-state index is 0.00913. The van der Waals surface area contributed by atoms with Crippen molar-refractivity contribution >= 4 is 40.9 Å².